The number of benzene rings is 2. The number of hydrogen-bond donors (Lipinski definition) is 1. The third-order valence-electron chi connectivity index (χ3n) is 4.69. The molecule has 4 nitrogen and oxygen atoms in total. The highest BCUT2D eigenvalue weighted by Gasteiger charge is 2.17. The van der Waals surface area contributed by atoms with Crippen LogP contribution in [-0.2, 0) is 0 Å². The quantitative estimate of drug-likeness (QED) is 0.406. The van der Waals surface area contributed by atoms with Crippen LogP contribution in [0.1, 0.15) is 25.1 Å². The van der Waals surface area contributed by atoms with E-state index in [0.717, 1.165) is 10.9 Å². The molecule has 0 bridgehead atoms. The van der Waals surface area contributed by atoms with E-state index in [1.165, 1.54) is 24.5 Å². The molecular formula is C21H16ClF3N4. The first kappa shape index (κ1) is 19.3. The molecule has 2 aromatic carbocycles. The lowest BCUT2D eigenvalue weighted by molar-refractivity contribution is 0.0566. The minimum Gasteiger partial charge on any atom is -0.377 e. The van der Waals surface area contributed by atoms with Crippen molar-refractivity contribution in [3.8, 4) is 11.1 Å². The third-order valence-corrected chi connectivity index (χ3v) is 4.97. The first-order valence-corrected chi connectivity index (χ1v) is 9.23. The lowest BCUT2D eigenvalue weighted by Crippen LogP contribution is -2.10. The number of pyridine rings is 1. The van der Waals surface area contributed by atoms with E-state index in [4.69, 9.17) is 11.6 Å². The fraction of sp³-hybridized carbons (Fsp3) is 0.143. The highest BCUT2D eigenvalue weighted by atomic mass is 35.5. The number of anilines is 1. The van der Waals surface area contributed by atoms with Crippen LogP contribution in [0, 0.1) is 5.82 Å². The predicted molar refractivity (Wildman–Crippen MR) is 108 cm³/mol. The normalized spacial score (nSPS) is 12.5. The Kier molecular flexibility index (Phi) is 5.15. The van der Waals surface area contributed by atoms with Crippen LogP contribution < -0.4 is 5.32 Å². The SMILES string of the molecule is CC(Nc1c(Cl)cnc2ccccc12)c1cc(-c2cnn(C(F)F)c2)ccc1F. The molecule has 1 unspecified atom stereocenters. The molecule has 0 aliphatic rings. The molecule has 0 amide bonds. The molecule has 4 aromatic rings. The summed E-state index contributed by atoms with van der Waals surface area (Å²) in [5.41, 5.74) is 2.86. The van der Waals surface area contributed by atoms with Gasteiger partial charge in [0.2, 0.25) is 0 Å². The van der Waals surface area contributed by atoms with Gasteiger partial charge in [-0.15, -0.1) is 0 Å². The van der Waals surface area contributed by atoms with Gasteiger partial charge < -0.3 is 5.32 Å². The standard InChI is InChI=1S/C21H16ClF3N4/c1-12(28-20-15-4-2-3-5-19(15)26-10-17(20)22)16-8-13(6-7-18(16)23)14-9-27-29(11-14)21(24)25/h2-12,21H,1H3,(H,26,28). The molecule has 0 fully saturated rings. The zero-order valence-electron chi connectivity index (χ0n) is 15.3. The smallest absolute Gasteiger partial charge is 0.333 e. The van der Waals surface area contributed by atoms with Gasteiger partial charge in [0.05, 0.1) is 28.5 Å². The Morgan fingerprint density at radius 1 is 1.07 bits per heavy atom. The molecule has 0 spiro atoms. The fourth-order valence-electron chi connectivity index (χ4n) is 3.21. The van der Waals surface area contributed by atoms with E-state index >= 15 is 0 Å². The maximum absolute atomic E-state index is 14.6. The summed E-state index contributed by atoms with van der Waals surface area (Å²) in [6.07, 6.45) is 4.10. The maximum atomic E-state index is 14.6. The summed E-state index contributed by atoms with van der Waals surface area (Å²) < 4.78 is 40.7. The molecule has 8 heteroatoms. The monoisotopic (exact) mass is 416 g/mol. The molecule has 2 aromatic heterocycles. The van der Waals surface area contributed by atoms with E-state index in [-0.39, 0.29) is 0 Å². The summed E-state index contributed by atoms with van der Waals surface area (Å²) in [7, 11) is 0. The molecule has 1 atom stereocenters. The molecule has 0 saturated heterocycles. The lowest BCUT2D eigenvalue weighted by atomic mass is 10.0. The number of nitrogens with zero attached hydrogens (tertiary/aromatic N) is 3. The minimum absolute atomic E-state index is 0.379. The molecule has 4 rings (SSSR count). The van der Waals surface area contributed by atoms with Crippen molar-refractivity contribution in [1.82, 2.24) is 14.8 Å². The second-order valence-corrected chi connectivity index (χ2v) is 6.99. The predicted octanol–water partition coefficient (Wildman–Crippen LogP) is 6.46. The summed E-state index contributed by atoms with van der Waals surface area (Å²) in [4.78, 5) is 4.29. The van der Waals surface area contributed by atoms with Crippen LogP contribution in [0.5, 0.6) is 0 Å². The van der Waals surface area contributed by atoms with Crippen molar-refractivity contribution in [2.45, 2.75) is 19.5 Å². The van der Waals surface area contributed by atoms with Gasteiger partial charge in [0.25, 0.3) is 0 Å². The number of fused-ring (bicyclic) bond motifs is 1. The second-order valence-electron chi connectivity index (χ2n) is 6.59. The van der Waals surface area contributed by atoms with Gasteiger partial charge in [0.1, 0.15) is 5.82 Å². The number of rotatable bonds is 5. The Labute approximate surface area is 169 Å². The average molecular weight is 417 g/mol. The van der Waals surface area contributed by atoms with Gasteiger partial charge in [-0.05, 0) is 30.7 Å². The Morgan fingerprint density at radius 3 is 2.62 bits per heavy atom. The summed E-state index contributed by atoms with van der Waals surface area (Å²) in [6, 6.07) is 11.5. The van der Waals surface area contributed by atoms with E-state index in [1.54, 1.807) is 19.2 Å². The summed E-state index contributed by atoms with van der Waals surface area (Å²) in [6.45, 7) is -0.928. The van der Waals surface area contributed by atoms with Crippen LogP contribution in [0.25, 0.3) is 22.0 Å². The molecular weight excluding hydrogens is 401 g/mol. The second kappa shape index (κ2) is 7.75. The van der Waals surface area contributed by atoms with Crippen molar-refractivity contribution < 1.29 is 13.2 Å². The van der Waals surface area contributed by atoms with Gasteiger partial charge in [-0.3, -0.25) is 4.98 Å². The Hall–Kier alpha value is -3.06. The van der Waals surface area contributed by atoms with E-state index < -0.39 is 18.4 Å². The summed E-state index contributed by atoms with van der Waals surface area (Å²) >= 11 is 6.33. The highest BCUT2D eigenvalue weighted by molar-refractivity contribution is 6.34. The van der Waals surface area contributed by atoms with Crippen molar-refractivity contribution in [3.63, 3.8) is 0 Å². The minimum atomic E-state index is -2.73. The number of nitrogens with one attached hydrogen (secondary N) is 1. The Bertz CT molecular complexity index is 1180. The van der Waals surface area contributed by atoms with E-state index in [2.05, 4.69) is 15.4 Å². The number of halogens is 4. The van der Waals surface area contributed by atoms with Crippen LogP contribution in [-0.4, -0.2) is 14.8 Å². The van der Waals surface area contributed by atoms with Gasteiger partial charge in [0.15, 0.2) is 0 Å². The molecule has 2 heterocycles. The number of hydrogen-bond acceptors (Lipinski definition) is 3. The molecule has 0 aliphatic carbocycles. The van der Waals surface area contributed by atoms with Crippen molar-refractivity contribution in [3.05, 3.63) is 77.5 Å². The molecule has 148 valence electrons. The molecule has 0 saturated carbocycles. The zero-order valence-corrected chi connectivity index (χ0v) is 16.0. The largest absolute Gasteiger partial charge is 0.377 e. The van der Waals surface area contributed by atoms with E-state index in [1.807, 2.05) is 24.3 Å². The Balaban J connectivity index is 1.69. The fourth-order valence-corrected chi connectivity index (χ4v) is 3.41. The number of aromatic nitrogens is 3. The molecule has 1 N–H and O–H groups in total. The van der Waals surface area contributed by atoms with E-state index in [0.29, 0.717) is 32.1 Å². The van der Waals surface area contributed by atoms with Crippen LogP contribution in [0.2, 0.25) is 5.02 Å². The highest BCUT2D eigenvalue weighted by Crippen LogP contribution is 2.34. The van der Waals surface area contributed by atoms with Crippen LogP contribution in [0.15, 0.2) is 61.1 Å². The van der Waals surface area contributed by atoms with Crippen molar-refractivity contribution in [1.29, 1.82) is 0 Å². The molecule has 0 radical (unpaired) electrons. The Morgan fingerprint density at radius 2 is 1.86 bits per heavy atom. The van der Waals surface area contributed by atoms with Crippen molar-refractivity contribution in [2.75, 3.05) is 5.32 Å². The lowest BCUT2D eigenvalue weighted by Gasteiger charge is -2.19. The van der Waals surface area contributed by atoms with Crippen LogP contribution >= 0.6 is 11.6 Å². The average Bonchev–Trinajstić information content (AvgIpc) is 3.21. The van der Waals surface area contributed by atoms with Crippen molar-refractivity contribution in [2.24, 2.45) is 0 Å². The van der Waals surface area contributed by atoms with Gasteiger partial charge in [-0.1, -0.05) is 35.9 Å². The van der Waals surface area contributed by atoms with Gasteiger partial charge in [0, 0.05) is 28.9 Å². The van der Waals surface area contributed by atoms with Gasteiger partial charge in [-0.2, -0.15) is 13.9 Å². The summed E-state index contributed by atoms with van der Waals surface area (Å²) in [5.74, 6) is -0.413. The molecule has 29 heavy (non-hydrogen) atoms. The zero-order chi connectivity index (χ0) is 20.5. The van der Waals surface area contributed by atoms with E-state index in [9.17, 15) is 13.2 Å². The topological polar surface area (TPSA) is 42.7 Å². The summed E-state index contributed by atoms with van der Waals surface area (Å²) in [5, 5.41) is 8.14. The first-order valence-electron chi connectivity index (χ1n) is 8.86. The van der Waals surface area contributed by atoms with Gasteiger partial charge in [-0.25, -0.2) is 9.07 Å². The molecule has 0 aliphatic heterocycles. The maximum Gasteiger partial charge on any atom is 0.333 e. The third kappa shape index (κ3) is 3.78. The van der Waals surface area contributed by atoms with Gasteiger partial charge >= 0.3 is 6.55 Å². The van der Waals surface area contributed by atoms with Crippen LogP contribution in [0.3, 0.4) is 0 Å². The number of para-hydroxylation sites is 1. The van der Waals surface area contributed by atoms with Crippen LogP contribution in [0.4, 0.5) is 18.9 Å². The first-order chi connectivity index (χ1) is 13.9. The van der Waals surface area contributed by atoms with Crippen molar-refractivity contribution >= 4 is 28.2 Å². The number of alkyl halides is 2.